The van der Waals surface area contributed by atoms with Crippen molar-refractivity contribution >= 4 is 11.6 Å². The largest absolute Gasteiger partial charge is 0.497 e. The third kappa shape index (κ3) is 4.62. The van der Waals surface area contributed by atoms with Crippen molar-refractivity contribution in [3.63, 3.8) is 0 Å². The lowest BCUT2D eigenvalue weighted by atomic mass is 10.1. The molecule has 0 spiro atoms. The average Bonchev–Trinajstić information content (AvgIpc) is 2.80. The Kier molecular flexibility index (Phi) is 5.66. The van der Waals surface area contributed by atoms with Gasteiger partial charge in [-0.15, -0.1) is 0 Å². The minimum atomic E-state index is -0.213. The molecule has 0 fully saturated rings. The van der Waals surface area contributed by atoms with E-state index in [9.17, 15) is 4.79 Å². The summed E-state index contributed by atoms with van der Waals surface area (Å²) in [7, 11) is 1.59. The van der Waals surface area contributed by atoms with Crippen LogP contribution >= 0.6 is 0 Å². The Bertz CT molecular complexity index is 1150. The Morgan fingerprint density at radius 3 is 2.30 bits per heavy atom. The molecule has 1 amide bonds. The van der Waals surface area contributed by atoms with Crippen molar-refractivity contribution in [3.05, 3.63) is 96.8 Å². The molecule has 4 aromatic rings. The van der Waals surface area contributed by atoms with Crippen molar-refractivity contribution in [2.24, 2.45) is 0 Å². The van der Waals surface area contributed by atoms with E-state index >= 15 is 0 Å². The quantitative estimate of drug-likeness (QED) is 0.484. The molecule has 0 aliphatic heterocycles. The van der Waals surface area contributed by atoms with Gasteiger partial charge >= 0.3 is 6.01 Å². The van der Waals surface area contributed by atoms with E-state index in [0.29, 0.717) is 22.7 Å². The van der Waals surface area contributed by atoms with Gasteiger partial charge in [-0.25, -0.2) is 9.97 Å². The van der Waals surface area contributed by atoms with Crippen molar-refractivity contribution in [3.8, 4) is 28.6 Å². The molecule has 0 aliphatic rings. The number of hydrogen-bond acceptors (Lipinski definition) is 5. The molecule has 0 aliphatic carbocycles. The van der Waals surface area contributed by atoms with E-state index in [2.05, 4.69) is 15.3 Å². The van der Waals surface area contributed by atoms with E-state index in [-0.39, 0.29) is 11.9 Å². The predicted molar refractivity (Wildman–Crippen MR) is 115 cm³/mol. The first-order valence-electron chi connectivity index (χ1n) is 9.32. The zero-order chi connectivity index (χ0) is 20.8. The highest BCUT2D eigenvalue weighted by Gasteiger charge is 2.09. The van der Waals surface area contributed by atoms with Crippen LogP contribution in [0.2, 0.25) is 0 Å². The van der Waals surface area contributed by atoms with Gasteiger partial charge in [0.15, 0.2) is 0 Å². The standard InChI is InChI=1S/C24H19N3O3/c1-29-22-12-6-9-20(14-22)27-23(28)18-8-5-7-17(13-18)19-15-25-24(26-16-19)30-21-10-3-2-4-11-21/h2-16H,1H3,(H,27,28). The molecule has 1 heterocycles. The normalized spacial score (nSPS) is 10.3. The molecular weight excluding hydrogens is 378 g/mol. The number of nitrogens with one attached hydrogen (secondary N) is 1. The number of carbonyl (C=O) groups is 1. The molecule has 6 nitrogen and oxygen atoms in total. The van der Waals surface area contributed by atoms with Crippen LogP contribution in [0.25, 0.3) is 11.1 Å². The maximum absolute atomic E-state index is 12.7. The third-order valence-corrected chi connectivity index (χ3v) is 4.37. The number of amides is 1. The van der Waals surface area contributed by atoms with E-state index in [1.807, 2.05) is 60.7 Å². The summed E-state index contributed by atoms with van der Waals surface area (Å²) in [5.41, 5.74) is 2.81. The lowest BCUT2D eigenvalue weighted by Gasteiger charge is -2.09. The number of ether oxygens (including phenoxy) is 2. The summed E-state index contributed by atoms with van der Waals surface area (Å²) in [5.74, 6) is 1.13. The predicted octanol–water partition coefficient (Wildman–Crippen LogP) is 5.20. The second-order valence-corrected chi connectivity index (χ2v) is 6.44. The summed E-state index contributed by atoms with van der Waals surface area (Å²) in [4.78, 5) is 21.2. The fraction of sp³-hybridized carbons (Fsp3) is 0.0417. The molecule has 30 heavy (non-hydrogen) atoms. The minimum Gasteiger partial charge on any atom is -0.497 e. The van der Waals surface area contributed by atoms with Gasteiger partial charge in [0.2, 0.25) is 0 Å². The SMILES string of the molecule is COc1cccc(NC(=O)c2cccc(-c3cnc(Oc4ccccc4)nc3)c2)c1. The van der Waals surface area contributed by atoms with Crippen LogP contribution in [0.5, 0.6) is 17.5 Å². The number of hydrogen-bond donors (Lipinski definition) is 1. The fourth-order valence-corrected chi connectivity index (χ4v) is 2.86. The van der Waals surface area contributed by atoms with Crippen LogP contribution in [0.4, 0.5) is 5.69 Å². The zero-order valence-corrected chi connectivity index (χ0v) is 16.3. The van der Waals surface area contributed by atoms with Crippen LogP contribution in [0.15, 0.2) is 91.3 Å². The minimum absolute atomic E-state index is 0.213. The first kappa shape index (κ1) is 19.1. The van der Waals surface area contributed by atoms with Crippen molar-refractivity contribution in [2.45, 2.75) is 0 Å². The molecule has 0 bridgehead atoms. The molecule has 0 saturated heterocycles. The van der Waals surface area contributed by atoms with E-state index in [1.165, 1.54) is 0 Å². The lowest BCUT2D eigenvalue weighted by molar-refractivity contribution is 0.102. The maximum Gasteiger partial charge on any atom is 0.321 e. The summed E-state index contributed by atoms with van der Waals surface area (Å²) in [5, 5.41) is 2.88. The Balaban J connectivity index is 1.49. The lowest BCUT2D eigenvalue weighted by Crippen LogP contribution is -2.11. The Morgan fingerprint density at radius 1 is 0.800 bits per heavy atom. The van der Waals surface area contributed by atoms with Crippen molar-refractivity contribution in [1.82, 2.24) is 9.97 Å². The van der Waals surface area contributed by atoms with Crippen LogP contribution in [-0.2, 0) is 0 Å². The third-order valence-electron chi connectivity index (χ3n) is 4.37. The summed E-state index contributed by atoms with van der Waals surface area (Å²) in [6.45, 7) is 0. The summed E-state index contributed by atoms with van der Waals surface area (Å²) in [6, 6.07) is 24.1. The molecule has 0 radical (unpaired) electrons. The van der Waals surface area contributed by atoms with Gasteiger partial charge in [0.1, 0.15) is 11.5 Å². The molecule has 148 valence electrons. The summed E-state index contributed by atoms with van der Waals surface area (Å²) < 4.78 is 10.8. The molecule has 1 aromatic heterocycles. The monoisotopic (exact) mass is 397 g/mol. The number of rotatable bonds is 6. The van der Waals surface area contributed by atoms with E-state index in [1.54, 1.807) is 37.7 Å². The summed E-state index contributed by atoms with van der Waals surface area (Å²) >= 11 is 0. The molecule has 0 atom stereocenters. The van der Waals surface area contributed by atoms with Crippen LogP contribution in [0.1, 0.15) is 10.4 Å². The average molecular weight is 397 g/mol. The van der Waals surface area contributed by atoms with E-state index in [0.717, 1.165) is 11.1 Å². The van der Waals surface area contributed by atoms with Crippen LogP contribution in [-0.4, -0.2) is 23.0 Å². The topological polar surface area (TPSA) is 73.3 Å². The number of carbonyl (C=O) groups excluding carboxylic acids is 1. The highest BCUT2D eigenvalue weighted by atomic mass is 16.5. The van der Waals surface area contributed by atoms with Gasteiger partial charge in [0.25, 0.3) is 5.91 Å². The molecular formula is C24H19N3O3. The van der Waals surface area contributed by atoms with E-state index < -0.39 is 0 Å². The van der Waals surface area contributed by atoms with Gasteiger partial charge in [-0.2, -0.15) is 0 Å². The van der Waals surface area contributed by atoms with Gasteiger partial charge in [-0.3, -0.25) is 4.79 Å². The molecule has 0 saturated carbocycles. The molecule has 1 N–H and O–H groups in total. The highest BCUT2D eigenvalue weighted by molar-refractivity contribution is 6.05. The number of para-hydroxylation sites is 1. The van der Waals surface area contributed by atoms with Crippen molar-refractivity contribution in [2.75, 3.05) is 12.4 Å². The number of nitrogens with zero attached hydrogens (tertiary/aromatic N) is 2. The maximum atomic E-state index is 12.7. The molecule has 6 heteroatoms. The molecule has 3 aromatic carbocycles. The fourth-order valence-electron chi connectivity index (χ4n) is 2.86. The Hall–Kier alpha value is -4.19. The first-order valence-corrected chi connectivity index (χ1v) is 9.32. The molecule has 0 unspecified atom stereocenters. The Morgan fingerprint density at radius 2 is 1.53 bits per heavy atom. The van der Waals surface area contributed by atoms with Crippen molar-refractivity contribution in [1.29, 1.82) is 0 Å². The van der Waals surface area contributed by atoms with Crippen LogP contribution < -0.4 is 14.8 Å². The van der Waals surface area contributed by atoms with Gasteiger partial charge in [0, 0.05) is 35.3 Å². The van der Waals surface area contributed by atoms with Gasteiger partial charge < -0.3 is 14.8 Å². The number of methoxy groups -OCH3 is 1. The number of benzene rings is 3. The first-order chi connectivity index (χ1) is 14.7. The Labute approximate surface area is 174 Å². The second kappa shape index (κ2) is 8.87. The van der Waals surface area contributed by atoms with Crippen LogP contribution in [0, 0.1) is 0 Å². The number of anilines is 1. The smallest absolute Gasteiger partial charge is 0.321 e. The second-order valence-electron chi connectivity index (χ2n) is 6.44. The van der Waals surface area contributed by atoms with Gasteiger partial charge in [0.05, 0.1) is 7.11 Å². The van der Waals surface area contributed by atoms with Gasteiger partial charge in [-0.05, 0) is 42.0 Å². The van der Waals surface area contributed by atoms with Crippen LogP contribution in [0.3, 0.4) is 0 Å². The summed E-state index contributed by atoms with van der Waals surface area (Å²) in [6.07, 6.45) is 3.34. The zero-order valence-electron chi connectivity index (χ0n) is 16.3. The van der Waals surface area contributed by atoms with Crippen molar-refractivity contribution < 1.29 is 14.3 Å². The van der Waals surface area contributed by atoms with E-state index in [4.69, 9.17) is 9.47 Å². The highest BCUT2D eigenvalue weighted by Crippen LogP contribution is 2.23. The molecule has 4 rings (SSSR count). The van der Waals surface area contributed by atoms with Gasteiger partial charge in [-0.1, -0.05) is 36.4 Å². The number of aromatic nitrogens is 2.